The van der Waals surface area contributed by atoms with Crippen LogP contribution in [-0.4, -0.2) is 35.8 Å². The molecule has 0 aliphatic rings. The van der Waals surface area contributed by atoms with Crippen molar-refractivity contribution in [3.8, 4) is 0 Å². The zero-order chi connectivity index (χ0) is 11.1. The van der Waals surface area contributed by atoms with Crippen molar-refractivity contribution in [1.82, 2.24) is 5.06 Å². The van der Waals surface area contributed by atoms with E-state index in [1.54, 1.807) is 6.92 Å². The molecule has 0 fully saturated rings. The number of rotatable bonds is 5. The number of ether oxygens (including phenoxy) is 1. The topological polar surface area (TPSA) is 66.8 Å². The van der Waals surface area contributed by atoms with Crippen molar-refractivity contribution in [2.24, 2.45) is 5.92 Å². The van der Waals surface area contributed by atoms with Crippen molar-refractivity contribution >= 4 is 11.9 Å². The minimum Gasteiger partial charge on any atom is -0.465 e. The van der Waals surface area contributed by atoms with Crippen LogP contribution in [-0.2, 0) is 14.3 Å². The standard InChI is InChI=1S/C9H15NO4/c1-4-6-7(8(11)10(3)13)9(12)14-5-2/h4,7,13H,1,5-6H2,2-3H3. The lowest BCUT2D eigenvalue weighted by molar-refractivity contribution is -0.171. The molecule has 1 atom stereocenters. The van der Waals surface area contributed by atoms with E-state index in [-0.39, 0.29) is 13.0 Å². The third-order valence-corrected chi connectivity index (χ3v) is 1.59. The highest BCUT2D eigenvalue weighted by molar-refractivity contribution is 5.97. The predicted octanol–water partition coefficient (Wildman–Crippen LogP) is 0.589. The minimum atomic E-state index is -0.998. The fraction of sp³-hybridized carbons (Fsp3) is 0.556. The Morgan fingerprint density at radius 2 is 2.21 bits per heavy atom. The van der Waals surface area contributed by atoms with Gasteiger partial charge in [-0.15, -0.1) is 6.58 Å². The Kier molecular flexibility index (Phi) is 5.55. The minimum absolute atomic E-state index is 0.155. The second-order valence-corrected chi connectivity index (χ2v) is 2.69. The van der Waals surface area contributed by atoms with Crippen LogP contribution < -0.4 is 0 Å². The second kappa shape index (κ2) is 6.15. The van der Waals surface area contributed by atoms with Crippen LogP contribution in [0.3, 0.4) is 0 Å². The fourth-order valence-corrected chi connectivity index (χ4v) is 0.933. The molecule has 14 heavy (non-hydrogen) atoms. The van der Waals surface area contributed by atoms with E-state index in [0.29, 0.717) is 5.06 Å². The average Bonchev–Trinajstić information content (AvgIpc) is 2.13. The molecule has 0 aliphatic heterocycles. The molecule has 0 bridgehead atoms. The lowest BCUT2D eigenvalue weighted by Crippen LogP contribution is -2.35. The molecule has 5 heteroatoms. The zero-order valence-corrected chi connectivity index (χ0v) is 8.40. The zero-order valence-electron chi connectivity index (χ0n) is 8.40. The summed E-state index contributed by atoms with van der Waals surface area (Å²) in [7, 11) is 1.16. The summed E-state index contributed by atoms with van der Waals surface area (Å²) in [5, 5.41) is 9.26. The quantitative estimate of drug-likeness (QED) is 0.232. The summed E-state index contributed by atoms with van der Waals surface area (Å²) < 4.78 is 4.68. The lowest BCUT2D eigenvalue weighted by atomic mass is 10.1. The maximum absolute atomic E-state index is 11.3. The monoisotopic (exact) mass is 201 g/mol. The summed E-state index contributed by atoms with van der Waals surface area (Å²) in [6.45, 7) is 5.28. The lowest BCUT2D eigenvalue weighted by Gasteiger charge is -2.16. The molecular formula is C9H15NO4. The number of amides is 1. The van der Waals surface area contributed by atoms with Crippen molar-refractivity contribution in [2.75, 3.05) is 13.7 Å². The smallest absolute Gasteiger partial charge is 0.318 e. The predicted molar refractivity (Wildman–Crippen MR) is 49.5 cm³/mol. The SMILES string of the molecule is C=CCC(C(=O)OCC)C(=O)N(C)O. The summed E-state index contributed by atoms with van der Waals surface area (Å²) in [6.07, 6.45) is 1.59. The van der Waals surface area contributed by atoms with E-state index < -0.39 is 17.8 Å². The number of esters is 1. The highest BCUT2D eigenvalue weighted by Gasteiger charge is 2.28. The Labute approximate surface area is 82.9 Å². The first kappa shape index (κ1) is 12.6. The van der Waals surface area contributed by atoms with Gasteiger partial charge in [0.15, 0.2) is 0 Å². The van der Waals surface area contributed by atoms with Gasteiger partial charge in [0.1, 0.15) is 5.92 Å². The van der Waals surface area contributed by atoms with E-state index in [0.717, 1.165) is 7.05 Å². The third-order valence-electron chi connectivity index (χ3n) is 1.59. The van der Waals surface area contributed by atoms with E-state index in [2.05, 4.69) is 11.3 Å². The van der Waals surface area contributed by atoms with E-state index in [9.17, 15) is 9.59 Å². The van der Waals surface area contributed by atoms with Crippen LogP contribution in [0.4, 0.5) is 0 Å². The molecule has 0 aliphatic carbocycles. The molecular weight excluding hydrogens is 186 g/mol. The van der Waals surface area contributed by atoms with Crippen LogP contribution in [0.2, 0.25) is 0 Å². The summed E-state index contributed by atoms with van der Waals surface area (Å²) in [4.78, 5) is 22.5. The molecule has 0 rings (SSSR count). The molecule has 1 unspecified atom stereocenters. The van der Waals surface area contributed by atoms with Crippen molar-refractivity contribution in [3.63, 3.8) is 0 Å². The van der Waals surface area contributed by atoms with Gasteiger partial charge in [-0.3, -0.25) is 14.8 Å². The van der Waals surface area contributed by atoms with E-state index in [1.807, 2.05) is 0 Å². The van der Waals surface area contributed by atoms with E-state index in [1.165, 1.54) is 6.08 Å². The Morgan fingerprint density at radius 1 is 1.64 bits per heavy atom. The molecule has 0 radical (unpaired) electrons. The average molecular weight is 201 g/mol. The molecule has 0 aromatic heterocycles. The van der Waals surface area contributed by atoms with Crippen LogP contribution in [0.5, 0.6) is 0 Å². The van der Waals surface area contributed by atoms with Gasteiger partial charge in [0, 0.05) is 7.05 Å². The number of hydrogen-bond acceptors (Lipinski definition) is 4. The molecule has 1 N–H and O–H groups in total. The summed E-state index contributed by atoms with van der Waals surface area (Å²) >= 11 is 0. The fourth-order valence-electron chi connectivity index (χ4n) is 0.933. The largest absolute Gasteiger partial charge is 0.465 e. The van der Waals surface area contributed by atoms with Gasteiger partial charge in [-0.1, -0.05) is 6.08 Å². The molecule has 0 saturated heterocycles. The van der Waals surface area contributed by atoms with Crippen LogP contribution in [0.25, 0.3) is 0 Å². The van der Waals surface area contributed by atoms with Gasteiger partial charge in [-0.25, -0.2) is 5.06 Å². The van der Waals surface area contributed by atoms with Gasteiger partial charge in [0.2, 0.25) is 0 Å². The van der Waals surface area contributed by atoms with E-state index in [4.69, 9.17) is 5.21 Å². The van der Waals surface area contributed by atoms with Crippen LogP contribution in [0.15, 0.2) is 12.7 Å². The highest BCUT2D eigenvalue weighted by atomic mass is 16.5. The molecule has 0 saturated carbocycles. The maximum Gasteiger partial charge on any atom is 0.318 e. The van der Waals surface area contributed by atoms with Crippen LogP contribution >= 0.6 is 0 Å². The number of nitrogens with zero attached hydrogens (tertiary/aromatic N) is 1. The Balaban J connectivity index is 4.49. The van der Waals surface area contributed by atoms with Gasteiger partial charge in [0.05, 0.1) is 6.61 Å². The van der Waals surface area contributed by atoms with E-state index >= 15 is 0 Å². The highest BCUT2D eigenvalue weighted by Crippen LogP contribution is 2.09. The molecule has 0 aromatic rings. The number of allylic oxidation sites excluding steroid dienone is 1. The van der Waals surface area contributed by atoms with Crippen molar-refractivity contribution in [3.05, 3.63) is 12.7 Å². The first-order valence-electron chi connectivity index (χ1n) is 4.28. The van der Waals surface area contributed by atoms with Crippen molar-refractivity contribution < 1.29 is 19.5 Å². The van der Waals surface area contributed by atoms with Gasteiger partial charge in [0.25, 0.3) is 5.91 Å². The Bertz CT molecular complexity index is 225. The molecule has 1 amide bonds. The summed E-state index contributed by atoms with van der Waals surface area (Å²) in [5.41, 5.74) is 0. The molecule has 0 heterocycles. The van der Waals surface area contributed by atoms with Crippen molar-refractivity contribution in [1.29, 1.82) is 0 Å². The number of carbonyl (C=O) groups excluding carboxylic acids is 2. The van der Waals surface area contributed by atoms with Gasteiger partial charge in [-0.05, 0) is 13.3 Å². The third kappa shape index (κ3) is 3.57. The van der Waals surface area contributed by atoms with Gasteiger partial charge in [-0.2, -0.15) is 0 Å². The number of hydrogen-bond donors (Lipinski definition) is 1. The Morgan fingerprint density at radius 3 is 2.57 bits per heavy atom. The van der Waals surface area contributed by atoms with Crippen LogP contribution in [0.1, 0.15) is 13.3 Å². The second-order valence-electron chi connectivity index (χ2n) is 2.69. The Hall–Kier alpha value is -1.36. The summed E-state index contributed by atoms with van der Waals surface area (Å²) in [6, 6.07) is 0. The molecule has 80 valence electrons. The molecule has 5 nitrogen and oxygen atoms in total. The summed E-state index contributed by atoms with van der Waals surface area (Å²) in [5.74, 6) is -2.33. The maximum atomic E-state index is 11.3. The van der Waals surface area contributed by atoms with Gasteiger partial charge >= 0.3 is 5.97 Å². The van der Waals surface area contributed by atoms with Crippen molar-refractivity contribution in [2.45, 2.75) is 13.3 Å². The molecule has 0 spiro atoms. The first-order valence-corrected chi connectivity index (χ1v) is 4.28. The number of hydroxylamine groups is 2. The van der Waals surface area contributed by atoms with Gasteiger partial charge < -0.3 is 4.74 Å². The molecule has 0 aromatic carbocycles. The first-order chi connectivity index (χ1) is 6.54. The normalized spacial score (nSPS) is 11.6. The number of carbonyl (C=O) groups is 2. The van der Waals surface area contributed by atoms with Crippen LogP contribution in [0, 0.1) is 5.92 Å².